The molecule has 0 saturated carbocycles. The topological polar surface area (TPSA) is 78.4 Å². The van der Waals surface area contributed by atoms with Crippen LogP contribution in [0.5, 0.6) is 0 Å². The normalized spacial score (nSPS) is 23.8. The zero-order valence-corrected chi connectivity index (χ0v) is 11.1. The predicted octanol–water partition coefficient (Wildman–Crippen LogP) is 0.451. The van der Waals surface area contributed by atoms with Crippen LogP contribution < -0.4 is 10.6 Å². The van der Waals surface area contributed by atoms with Crippen molar-refractivity contribution in [2.24, 2.45) is 0 Å². The molecule has 2 atom stereocenters. The summed E-state index contributed by atoms with van der Waals surface area (Å²) in [6.07, 6.45) is 1.16. The molecule has 3 N–H and O–H groups in total. The second-order valence-corrected chi connectivity index (χ2v) is 5.61. The van der Waals surface area contributed by atoms with Crippen molar-refractivity contribution in [1.29, 1.82) is 0 Å². The van der Waals surface area contributed by atoms with Crippen LogP contribution in [0, 0.1) is 0 Å². The highest BCUT2D eigenvalue weighted by atomic mass is 32.2. The average molecular weight is 260 g/mol. The van der Waals surface area contributed by atoms with Gasteiger partial charge in [0.15, 0.2) is 0 Å². The lowest BCUT2D eigenvalue weighted by Gasteiger charge is -2.30. The van der Waals surface area contributed by atoms with Crippen LogP contribution in [-0.2, 0) is 9.59 Å². The van der Waals surface area contributed by atoms with Crippen LogP contribution in [-0.4, -0.2) is 46.6 Å². The maximum absolute atomic E-state index is 11.9. The number of carboxylic acid groups (broad SMARTS) is 1. The number of hydrogen-bond donors (Lipinski definition) is 3. The molecule has 5 nitrogen and oxygen atoms in total. The average Bonchev–Trinajstić information content (AvgIpc) is 2.30. The van der Waals surface area contributed by atoms with E-state index in [1.54, 1.807) is 18.7 Å². The number of nitrogens with one attached hydrogen (secondary N) is 2. The summed E-state index contributed by atoms with van der Waals surface area (Å²) < 4.78 is 0. The monoisotopic (exact) mass is 260 g/mol. The van der Waals surface area contributed by atoms with Gasteiger partial charge in [-0.15, -0.1) is 0 Å². The number of amides is 1. The first-order chi connectivity index (χ1) is 7.99. The van der Waals surface area contributed by atoms with E-state index in [1.165, 1.54) is 0 Å². The molecule has 1 saturated heterocycles. The molecule has 0 aromatic carbocycles. The van der Waals surface area contributed by atoms with Gasteiger partial charge < -0.3 is 15.7 Å². The van der Waals surface area contributed by atoms with Gasteiger partial charge in [-0.3, -0.25) is 4.79 Å². The third kappa shape index (κ3) is 3.89. The van der Waals surface area contributed by atoms with Crippen LogP contribution in [0.1, 0.15) is 26.7 Å². The molecule has 1 heterocycles. The minimum absolute atomic E-state index is 0.212. The summed E-state index contributed by atoms with van der Waals surface area (Å²) in [6, 6.07) is -0.274. The third-order valence-corrected chi connectivity index (χ3v) is 3.92. The minimum atomic E-state index is -1.16. The largest absolute Gasteiger partial charge is 0.480 e. The van der Waals surface area contributed by atoms with Gasteiger partial charge in [0, 0.05) is 18.1 Å². The Labute approximate surface area is 106 Å². The third-order valence-electron chi connectivity index (χ3n) is 2.86. The Morgan fingerprint density at radius 3 is 2.76 bits per heavy atom. The van der Waals surface area contributed by atoms with Gasteiger partial charge in [-0.25, -0.2) is 4.79 Å². The smallest absolute Gasteiger partial charge is 0.329 e. The Morgan fingerprint density at radius 2 is 2.29 bits per heavy atom. The van der Waals surface area contributed by atoms with Crippen molar-refractivity contribution in [2.75, 3.05) is 18.1 Å². The molecule has 0 aromatic rings. The number of aliphatic carboxylic acids is 1. The second kappa shape index (κ2) is 6.26. The van der Waals surface area contributed by atoms with Crippen LogP contribution in [0.15, 0.2) is 0 Å². The Balaban J connectivity index is 2.60. The van der Waals surface area contributed by atoms with Gasteiger partial charge >= 0.3 is 5.97 Å². The van der Waals surface area contributed by atoms with Crippen molar-refractivity contribution >= 4 is 23.6 Å². The van der Waals surface area contributed by atoms with Crippen molar-refractivity contribution < 1.29 is 14.7 Å². The lowest BCUT2D eigenvalue weighted by Crippen LogP contribution is -2.58. The van der Waals surface area contributed by atoms with E-state index in [1.807, 2.05) is 6.92 Å². The fourth-order valence-electron chi connectivity index (χ4n) is 1.82. The van der Waals surface area contributed by atoms with E-state index in [-0.39, 0.29) is 11.9 Å². The Morgan fingerprint density at radius 1 is 1.59 bits per heavy atom. The van der Waals surface area contributed by atoms with E-state index >= 15 is 0 Å². The quantitative estimate of drug-likeness (QED) is 0.669. The molecular formula is C11H20N2O3S. The first-order valence-corrected chi connectivity index (χ1v) is 7.01. The molecule has 0 aliphatic carbocycles. The molecule has 1 aliphatic heterocycles. The first-order valence-electron chi connectivity index (χ1n) is 5.86. The Hall–Kier alpha value is -0.750. The second-order valence-electron chi connectivity index (χ2n) is 4.46. The summed E-state index contributed by atoms with van der Waals surface area (Å²) in [6.45, 7) is 4.26. The number of rotatable bonds is 5. The van der Waals surface area contributed by atoms with Gasteiger partial charge in [0.05, 0.1) is 6.04 Å². The summed E-state index contributed by atoms with van der Waals surface area (Å²) in [5.41, 5.74) is -1.16. The lowest BCUT2D eigenvalue weighted by atomic mass is 9.96. The molecular weight excluding hydrogens is 240 g/mol. The molecule has 1 fully saturated rings. The van der Waals surface area contributed by atoms with Gasteiger partial charge in [-0.1, -0.05) is 13.3 Å². The van der Waals surface area contributed by atoms with Crippen LogP contribution >= 0.6 is 11.8 Å². The zero-order valence-electron chi connectivity index (χ0n) is 10.3. The van der Waals surface area contributed by atoms with Crippen LogP contribution in [0.2, 0.25) is 0 Å². The summed E-state index contributed by atoms with van der Waals surface area (Å²) >= 11 is 1.71. The number of thioether (sulfide) groups is 1. The van der Waals surface area contributed by atoms with Gasteiger partial charge in [-0.2, -0.15) is 11.8 Å². The van der Waals surface area contributed by atoms with E-state index in [4.69, 9.17) is 0 Å². The van der Waals surface area contributed by atoms with Gasteiger partial charge in [0.25, 0.3) is 0 Å². The molecule has 2 unspecified atom stereocenters. The predicted molar refractivity (Wildman–Crippen MR) is 68.2 cm³/mol. The van der Waals surface area contributed by atoms with Crippen molar-refractivity contribution in [3.63, 3.8) is 0 Å². The van der Waals surface area contributed by atoms with E-state index in [0.717, 1.165) is 18.7 Å². The zero-order chi connectivity index (χ0) is 12.9. The van der Waals surface area contributed by atoms with Gasteiger partial charge in [0.2, 0.25) is 5.91 Å². The summed E-state index contributed by atoms with van der Waals surface area (Å²) in [5, 5.41) is 14.9. The van der Waals surface area contributed by atoms with Crippen molar-refractivity contribution in [1.82, 2.24) is 10.6 Å². The highest BCUT2D eigenvalue weighted by molar-refractivity contribution is 7.99. The highest BCUT2D eigenvalue weighted by Gasteiger charge is 2.36. The maximum Gasteiger partial charge on any atom is 0.329 e. The van der Waals surface area contributed by atoms with E-state index < -0.39 is 11.5 Å². The summed E-state index contributed by atoms with van der Waals surface area (Å²) in [4.78, 5) is 23.1. The maximum atomic E-state index is 11.9. The molecule has 17 heavy (non-hydrogen) atoms. The van der Waals surface area contributed by atoms with Crippen LogP contribution in [0.25, 0.3) is 0 Å². The Bertz CT molecular complexity index is 292. The first kappa shape index (κ1) is 14.3. The minimum Gasteiger partial charge on any atom is -0.480 e. The molecule has 0 bridgehead atoms. The Kier molecular flexibility index (Phi) is 5.27. The lowest BCUT2D eigenvalue weighted by molar-refractivity contribution is -0.147. The van der Waals surface area contributed by atoms with Crippen LogP contribution in [0.3, 0.4) is 0 Å². The van der Waals surface area contributed by atoms with Crippen molar-refractivity contribution in [3.8, 4) is 0 Å². The van der Waals surface area contributed by atoms with Gasteiger partial charge in [-0.05, 0) is 13.3 Å². The van der Waals surface area contributed by atoms with Gasteiger partial charge in [0.1, 0.15) is 5.54 Å². The van der Waals surface area contributed by atoms with Crippen LogP contribution in [0.4, 0.5) is 0 Å². The molecule has 0 spiro atoms. The molecule has 1 rings (SSSR count). The fraction of sp³-hybridized carbons (Fsp3) is 0.818. The SMILES string of the molecule is CCCC(C)(NC(=O)C1CSCCN1)C(=O)O. The standard InChI is InChI=1S/C11H20N2O3S/c1-3-4-11(2,10(15)16)13-9(14)8-7-17-6-5-12-8/h8,12H,3-7H2,1-2H3,(H,13,14)(H,15,16). The molecule has 0 radical (unpaired) electrons. The summed E-state index contributed by atoms with van der Waals surface area (Å²) in [5.74, 6) is 0.509. The number of carboxylic acids is 1. The molecule has 1 aliphatic rings. The van der Waals surface area contributed by atoms with Crippen molar-refractivity contribution in [3.05, 3.63) is 0 Å². The number of carbonyl (C=O) groups is 2. The molecule has 98 valence electrons. The summed E-state index contributed by atoms with van der Waals surface area (Å²) in [7, 11) is 0. The van der Waals surface area contributed by atoms with Crippen molar-refractivity contribution in [2.45, 2.75) is 38.3 Å². The molecule has 6 heteroatoms. The molecule has 0 aromatic heterocycles. The van der Waals surface area contributed by atoms with E-state index in [2.05, 4.69) is 10.6 Å². The van der Waals surface area contributed by atoms with E-state index in [9.17, 15) is 14.7 Å². The number of carbonyl (C=O) groups excluding carboxylic acids is 1. The number of hydrogen-bond acceptors (Lipinski definition) is 4. The highest BCUT2D eigenvalue weighted by Crippen LogP contribution is 2.14. The molecule has 1 amide bonds. The van der Waals surface area contributed by atoms with E-state index in [0.29, 0.717) is 12.2 Å². The fourth-order valence-corrected chi connectivity index (χ4v) is 2.75.